The first kappa shape index (κ1) is 17.3. The highest BCUT2D eigenvalue weighted by Gasteiger charge is 2.25. The monoisotopic (exact) mass is 321 g/mol. The third-order valence-corrected chi connectivity index (χ3v) is 4.79. The van der Waals surface area contributed by atoms with E-state index in [2.05, 4.69) is 21.5 Å². The number of anilines is 1. The van der Waals surface area contributed by atoms with E-state index in [1.165, 1.54) is 18.6 Å². The third kappa shape index (κ3) is 5.61. The van der Waals surface area contributed by atoms with Gasteiger partial charge in [0.15, 0.2) is 0 Å². The average molecular weight is 321 g/mol. The first-order chi connectivity index (χ1) is 10.7. The quantitative estimate of drug-likeness (QED) is 0.784. The topological polar surface area (TPSA) is 45.2 Å². The summed E-state index contributed by atoms with van der Waals surface area (Å²) >= 11 is 1.91. The molecule has 0 bridgehead atoms. The van der Waals surface area contributed by atoms with Crippen LogP contribution in [-0.4, -0.2) is 47.4 Å². The van der Waals surface area contributed by atoms with Crippen molar-refractivity contribution in [1.82, 2.24) is 9.88 Å². The number of rotatable bonds is 7. The molecule has 1 saturated heterocycles. The van der Waals surface area contributed by atoms with Crippen LogP contribution in [0.4, 0.5) is 5.82 Å². The number of nitrogens with zero attached hydrogens (tertiary/aromatic N) is 2. The van der Waals surface area contributed by atoms with Crippen LogP contribution in [0.3, 0.4) is 0 Å². The number of hydrogen-bond acceptors (Lipinski definition) is 4. The highest BCUT2D eigenvalue weighted by atomic mass is 32.2. The molecule has 1 atom stereocenters. The number of thioether (sulfide) groups is 1. The number of aryl methyl sites for hydroxylation is 1. The van der Waals surface area contributed by atoms with Crippen LogP contribution in [-0.2, 0) is 4.79 Å². The van der Waals surface area contributed by atoms with E-state index in [1.54, 1.807) is 0 Å². The number of nitrogens with one attached hydrogen (secondary N) is 1. The van der Waals surface area contributed by atoms with E-state index >= 15 is 0 Å². The standard InChI is InChI=1S/C17H27N3OS/c1-14-7-5-9-16(18-14)19-17(21)15-8-6-11-20(13-15)10-3-4-12-22-2/h5,7,9,15H,3-4,6,8,10-13H2,1-2H3,(H,18,19,21). The molecule has 0 spiro atoms. The lowest BCUT2D eigenvalue weighted by Gasteiger charge is -2.31. The van der Waals surface area contributed by atoms with Crippen LogP contribution in [0.25, 0.3) is 0 Å². The molecular formula is C17H27N3OS. The Labute approximate surface area is 138 Å². The van der Waals surface area contributed by atoms with Gasteiger partial charge in [-0.25, -0.2) is 4.98 Å². The van der Waals surface area contributed by atoms with Gasteiger partial charge in [0.2, 0.25) is 5.91 Å². The predicted molar refractivity (Wildman–Crippen MR) is 94.4 cm³/mol. The van der Waals surface area contributed by atoms with Crippen LogP contribution in [0, 0.1) is 12.8 Å². The molecule has 1 aliphatic rings. The molecule has 0 aliphatic carbocycles. The number of pyridine rings is 1. The van der Waals surface area contributed by atoms with Gasteiger partial charge in [0, 0.05) is 12.2 Å². The summed E-state index contributed by atoms with van der Waals surface area (Å²) in [5, 5.41) is 2.97. The van der Waals surface area contributed by atoms with Crippen molar-refractivity contribution in [1.29, 1.82) is 0 Å². The van der Waals surface area contributed by atoms with Crippen molar-refractivity contribution in [2.75, 3.05) is 37.0 Å². The molecule has 122 valence electrons. The molecule has 22 heavy (non-hydrogen) atoms. The van der Waals surface area contributed by atoms with Gasteiger partial charge in [0.05, 0.1) is 5.92 Å². The maximum absolute atomic E-state index is 12.4. The van der Waals surface area contributed by atoms with E-state index in [9.17, 15) is 4.79 Å². The van der Waals surface area contributed by atoms with Crippen molar-refractivity contribution in [3.63, 3.8) is 0 Å². The fourth-order valence-electron chi connectivity index (χ4n) is 2.90. The van der Waals surface area contributed by atoms with Crippen LogP contribution in [0.2, 0.25) is 0 Å². The van der Waals surface area contributed by atoms with Gasteiger partial charge in [-0.15, -0.1) is 0 Å². The molecule has 1 aromatic rings. The van der Waals surface area contributed by atoms with E-state index in [0.717, 1.165) is 38.2 Å². The van der Waals surface area contributed by atoms with Crippen molar-refractivity contribution in [3.05, 3.63) is 23.9 Å². The Morgan fingerprint density at radius 2 is 2.32 bits per heavy atom. The van der Waals surface area contributed by atoms with Crippen molar-refractivity contribution >= 4 is 23.5 Å². The van der Waals surface area contributed by atoms with E-state index in [1.807, 2.05) is 36.9 Å². The van der Waals surface area contributed by atoms with Crippen LogP contribution in [0.5, 0.6) is 0 Å². The molecule has 1 amide bonds. The fraction of sp³-hybridized carbons (Fsp3) is 0.647. The SMILES string of the molecule is CSCCCCN1CCCC(C(=O)Nc2cccc(C)n2)C1. The minimum absolute atomic E-state index is 0.0941. The number of amides is 1. The number of unbranched alkanes of at least 4 members (excludes halogenated alkanes) is 1. The minimum Gasteiger partial charge on any atom is -0.310 e. The summed E-state index contributed by atoms with van der Waals surface area (Å²) in [5.41, 5.74) is 0.928. The molecule has 1 fully saturated rings. The van der Waals surface area contributed by atoms with Crippen LogP contribution in [0.15, 0.2) is 18.2 Å². The maximum atomic E-state index is 12.4. The molecule has 1 aliphatic heterocycles. The molecule has 1 unspecified atom stereocenters. The van der Waals surface area contributed by atoms with Gasteiger partial charge in [0.25, 0.3) is 0 Å². The number of aromatic nitrogens is 1. The first-order valence-corrected chi connectivity index (χ1v) is 9.54. The molecule has 0 aromatic carbocycles. The van der Waals surface area contributed by atoms with Crippen LogP contribution < -0.4 is 5.32 Å². The summed E-state index contributed by atoms with van der Waals surface area (Å²) in [6.07, 6.45) is 6.75. The summed E-state index contributed by atoms with van der Waals surface area (Å²) in [6.45, 7) is 5.07. The van der Waals surface area contributed by atoms with Gasteiger partial charge in [-0.1, -0.05) is 6.07 Å². The van der Waals surface area contributed by atoms with Gasteiger partial charge in [-0.3, -0.25) is 4.79 Å². The zero-order valence-corrected chi connectivity index (χ0v) is 14.5. The smallest absolute Gasteiger partial charge is 0.229 e. The van der Waals surface area contributed by atoms with Gasteiger partial charge >= 0.3 is 0 Å². The fourth-order valence-corrected chi connectivity index (χ4v) is 3.39. The minimum atomic E-state index is 0.0941. The Balaban J connectivity index is 1.79. The number of hydrogen-bond donors (Lipinski definition) is 1. The zero-order valence-electron chi connectivity index (χ0n) is 13.7. The summed E-state index contributed by atoms with van der Waals surface area (Å²) < 4.78 is 0. The number of carbonyl (C=O) groups excluding carboxylic acids is 1. The summed E-state index contributed by atoms with van der Waals surface area (Å²) in [6, 6.07) is 5.72. The van der Waals surface area contributed by atoms with E-state index in [4.69, 9.17) is 0 Å². The maximum Gasteiger partial charge on any atom is 0.229 e. The van der Waals surface area contributed by atoms with Crippen molar-refractivity contribution < 1.29 is 4.79 Å². The normalized spacial score (nSPS) is 19.1. The van der Waals surface area contributed by atoms with Gasteiger partial charge < -0.3 is 10.2 Å². The molecule has 2 rings (SSSR count). The second-order valence-electron chi connectivity index (χ2n) is 5.99. The lowest BCUT2D eigenvalue weighted by molar-refractivity contribution is -0.121. The van der Waals surface area contributed by atoms with Gasteiger partial charge in [-0.05, 0) is 69.8 Å². The second kappa shape index (κ2) is 9.16. The number of likely N-dealkylation sites (tertiary alicyclic amines) is 1. The van der Waals surface area contributed by atoms with Crippen molar-refractivity contribution in [2.45, 2.75) is 32.6 Å². The Morgan fingerprint density at radius 3 is 3.09 bits per heavy atom. The molecule has 0 radical (unpaired) electrons. The molecule has 4 nitrogen and oxygen atoms in total. The molecule has 5 heteroatoms. The molecule has 0 saturated carbocycles. The molecule has 1 aromatic heterocycles. The van der Waals surface area contributed by atoms with E-state index < -0.39 is 0 Å². The largest absolute Gasteiger partial charge is 0.310 e. The first-order valence-electron chi connectivity index (χ1n) is 8.15. The van der Waals surface area contributed by atoms with Crippen LogP contribution in [0.1, 0.15) is 31.4 Å². The Hall–Kier alpha value is -1.07. The zero-order chi connectivity index (χ0) is 15.8. The molecular weight excluding hydrogens is 294 g/mol. The average Bonchev–Trinajstić information content (AvgIpc) is 2.52. The van der Waals surface area contributed by atoms with Crippen molar-refractivity contribution in [3.8, 4) is 0 Å². The highest BCUT2D eigenvalue weighted by molar-refractivity contribution is 7.98. The van der Waals surface area contributed by atoms with E-state index in [-0.39, 0.29) is 11.8 Å². The Bertz CT molecular complexity index is 481. The summed E-state index contributed by atoms with van der Waals surface area (Å²) in [7, 11) is 0. The van der Waals surface area contributed by atoms with Crippen molar-refractivity contribution in [2.24, 2.45) is 5.92 Å². The van der Waals surface area contributed by atoms with Gasteiger partial charge in [0.1, 0.15) is 5.82 Å². The Kier molecular flexibility index (Phi) is 7.19. The summed E-state index contributed by atoms with van der Waals surface area (Å²) in [5.74, 6) is 2.11. The lowest BCUT2D eigenvalue weighted by atomic mass is 9.97. The second-order valence-corrected chi connectivity index (χ2v) is 6.98. The summed E-state index contributed by atoms with van der Waals surface area (Å²) in [4.78, 5) is 19.2. The predicted octanol–water partition coefficient (Wildman–Crippen LogP) is 3.18. The number of piperidine rings is 1. The number of carbonyl (C=O) groups is 1. The Morgan fingerprint density at radius 1 is 1.45 bits per heavy atom. The lowest BCUT2D eigenvalue weighted by Crippen LogP contribution is -2.41. The van der Waals surface area contributed by atoms with Gasteiger partial charge in [-0.2, -0.15) is 11.8 Å². The molecule has 1 N–H and O–H groups in total. The molecule has 2 heterocycles. The van der Waals surface area contributed by atoms with Crippen LogP contribution >= 0.6 is 11.8 Å². The third-order valence-electron chi connectivity index (χ3n) is 4.09. The van der Waals surface area contributed by atoms with E-state index in [0.29, 0.717) is 5.82 Å². The highest BCUT2D eigenvalue weighted by Crippen LogP contribution is 2.19.